The van der Waals surface area contributed by atoms with Crippen LogP contribution < -0.4 is 29.6 Å². The first-order valence-electron chi connectivity index (χ1n) is 2.12. The second-order valence-corrected chi connectivity index (χ2v) is 1.72. The maximum Gasteiger partial charge on any atom is 1.00 e. The summed E-state index contributed by atoms with van der Waals surface area (Å²) in [4.78, 5) is 0. The summed E-state index contributed by atoms with van der Waals surface area (Å²) in [5, 5.41) is 0. The van der Waals surface area contributed by atoms with Gasteiger partial charge in [-0.15, -0.1) is 9.24 Å². The summed E-state index contributed by atoms with van der Waals surface area (Å²) in [6, 6.07) is 0. The molecule has 1 unspecified atom stereocenters. The van der Waals surface area contributed by atoms with E-state index in [0.717, 1.165) is 0 Å². The van der Waals surface area contributed by atoms with Crippen molar-refractivity contribution in [3.63, 3.8) is 0 Å². The molecule has 6 heavy (non-hydrogen) atoms. The SMILES string of the molecule is CCCCP.[H-].[Na+]. The van der Waals surface area contributed by atoms with Crippen molar-refractivity contribution in [3.05, 3.63) is 0 Å². The number of rotatable bonds is 2. The normalized spacial score (nSPS) is 7.00. The Morgan fingerprint density at radius 1 is 1.67 bits per heavy atom. The summed E-state index contributed by atoms with van der Waals surface area (Å²) in [6.45, 7) is 2.20. The van der Waals surface area contributed by atoms with Gasteiger partial charge in [-0.3, -0.25) is 0 Å². The van der Waals surface area contributed by atoms with E-state index in [1.807, 2.05) is 0 Å². The minimum atomic E-state index is 0. The van der Waals surface area contributed by atoms with Crippen LogP contribution in [0.4, 0.5) is 0 Å². The second kappa shape index (κ2) is 9.66. The van der Waals surface area contributed by atoms with Crippen molar-refractivity contribution in [2.75, 3.05) is 6.16 Å². The summed E-state index contributed by atoms with van der Waals surface area (Å²) < 4.78 is 0. The largest absolute Gasteiger partial charge is 1.00 e. The van der Waals surface area contributed by atoms with Gasteiger partial charge >= 0.3 is 29.6 Å². The predicted octanol–water partition coefficient (Wildman–Crippen LogP) is -1.22. The zero-order valence-corrected chi connectivity index (χ0v) is 7.85. The molecular weight excluding hydrogens is 102 g/mol. The van der Waals surface area contributed by atoms with Crippen LogP contribution in [0.1, 0.15) is 21.2 Å². The average molecular weight is 114 g/mol. The molecule has 0 aromatic heterocycles. The van der Waals surface area contributed by atoms with E-state index in [4.69, 9.17) is 0 Å². The molecule has 0 spiro atoms. The monoisotopic (exact) mass is 114 g/mol. The third-order valence-electron chi connectivity index (χ3n) is 0.558. The molecule has 1 atom stereocenters. The summed E-state index contributed by atoms with van der Waals surface area (Å²) in [5.74, 6) is 0. The van der Waals surface area contributed by atoms with Crippen LogP contribution in [-0.2, 0) is 0 Å². The minimum absolute atomic E-state index is 0. The van der Waals surface area contributed by atoms with Crippen molar-refractivity contribution in [2.45, 2.75) is 19.8 Å². The standard InChI is InChI=1S/C4H11P.Na.H/c1-2-3-4-5;;/h2-5H2,1H3;;/q;+1;-1. The smallest absolute Gasteiger partial charge is 1.00 e. The van der Waals surface area contributed by atoms with E-state index in [9.17, 15) is 0 Å². The Morgan fingerprint density at radius 2 is 2.17 bits per heavy atom. The molecule has 0 aromatic rings. The molecule has 0 N–H and O–H groups in total. The average Bonchev–Trinajstić information content (AvgIpc) is 1.41. The first kappa shape index (κ1) is 10.4. The van der Waals surface area contributed by atoms with Crippen molar-refractivity contribution in [1.29, 1.82) is 0 Å². The van der Waals surface area contributed by atoms with Gasteiger partial charge in [0.25, 0.3) is 0 Å². The summed E-state index contributed by atoms with van der Waals surface area (Å²) in [7, 11) is 2.70. The van der Waals surface area contributed by atoms with Gasteiger partial charge in [0.05, 0.1) is 0 Å². The van der Waals surface area contributed by atoms with Crippen LogP contribution in [0.5, 0.6) is 0 Å². The predicted molar refractivity (Wildman–Crippen MR) is 30.6 cm³/mol. The van der Waals surface area contributed by atoms with E-state index >= 15 is 0 Å². The van der Waals surface area contributed by atoms with Crippen LogP contribution >= 0.6 is 9.24 Å². The van der Waals surface area contributed by atoms with Crippen molar-refractivity contribution in [1.82, 2.24) is 0 Å². The van der Waals surface area contributed by atoms with Gasteiger partial charge in [-0.1, -0.05) is 19.8 Å². The molecule has 0 radical (unpaired) electrons. The van der Waals surface area contributed by atoms with E-state index in [2.05, 4.69) is 16.2 Å². The van der Waals surface area contributed by atoms with Crippen LogP contribution in [-0.4, -0.2) is 6.16 Å². The van der Waals surface area contributed by atoms with Crippen LogP contribution in [0.25, 0.3) is 0 Å². The quantitative estimate of drug-likeness (QED) is 0.312. The van der Waals surface area contributed by atoms with Gasteiger partial charge in [-0.05, 0) is 6.16 Å². The first-order chi connectivity index (χ1) is 2.41. The van der Waals surface area contributed by atoms with Gasteiger partial charge in [0, 0.05) is 0 Å². The van der Waals surface area contributed by atoms with E-state index in [1.165, 1.54) is 19.0 Å². The van der Waals surface area contributed by atoms with Crippen LogP contribution in [0.15, 0.2) is 0 Å². The fourth-order valence-electron chi connectivity index (χ4n) is 0.204. The fraction of sp³-hybridized carbons (Fsp3) is 1.00. The van der Waals surface area contributed by atoms with Gasteiger partial charge in [0.15, 0.2) is 0 Å². The van der Waals surface area contributed by atoms with Gasteiger partial charge in [-0.2, -0.15) is 0 Å². The maximum absolute atomic E-state index is 2.70. The molecule has 0 fully saturated rings. The topological polar surface area (TPSA) is 0 Å². The Labute approximate surface area is 66.1 Å². The molecule has 0 saturated carbocycles. The van der Waals surface area contributed by atoms with Gasteiger partial charge in [0.1, 0.15) is 0 Å². The number of hydrogen-bond donors (Lipinski definition) is 0. The van der Waals surface area contributed by atoms with Gasteiger partial charge < -0.3 is 1.43 Å². The zero-order chi connectivity index (χ0) is 4.12. The van der Waals surface area contributed by atoms with E-state index < -0.39 is 0 Å². The molecule has 0 aromatic carbocycles. The van der Waals surface area contributed by atoms with Crippen molar-refractivity contribution >= 4 is 9.24 Å². The molecule has 0 bridgehead atoms. The van der Waals surface area contributed by atoms with Crippen molar-refractivity contribution in [2.24, 2.45) is 0 Å². The Kier molecular flexibility index (Phi) is 16.8. The fourth-order valence-corrected chi connectivity index (χ4v) is 0.612. The van der Waals surface area contributed by atoms with Crippen molar-refractivity contribution < 1.29 is 31.0 Å². The van der Waals surface area contributed by atoms with Crippen LogP contribution in [0, 0.1) is 0 Å². The third kappa shape index (κ3) is 9.06. The van der Waals surface area contributed by atoms with Gasteiger partial charge in [0.2, 0.25) is 0 Å². The third-order valence-corrected chi connectivity index (χ3v) is 0.966. The summed E-state index contributed by atoms with van der Waals surface area (Å²) >= 11 is 0. The number of unbranched alkanes of at least 4 members (excludes halogenated alkanes) is 1. The molecule has 0 aliphatic heterocycles. The zero-order valence-electron chi connectivity index (χ0n) is 5.70. The molecule has 2 heteroatoms. The number of hydrogen-bond acceptors (Lipinski definition) is 0. The first-order valence-corrected chi connectivity index (χ1v) is 2.93. The van der Waals surface area contributed by atoms with Crippen LogP contribution in [0.3, 0.4) is 0 Å². The van der Waals surface area contributed by atoms with Gasteiger partial charge in [-0.25, -0.2) is 0 Å². The molecule has 0 heterocycles. The Hall–Kier alpha value is 1.43. The van der Waals surface area contributed by atoms with E-state index in [0.29, 0.717) is 0 Å². The molecule has 0 nitrogen and oxygen atoms in total. The maximum atomic E-state index is 2.70. The molecule has 34 valence electrons. The van der Waals surface area contributed by atoms with Crippen molar-refractivity contribution in [3.8, 4) is 0 Å². The Balaban J connectivity index is -0.0000000800. The van der Waals surface area contributed by atoms with E-state index in [1.54, 1.807) is 0 Å². The van der Waals surface area contributed by atoms with Crippen LogP contribution in [0.2, 0.25) is 0 Å². The molecular formula is C4H12NaP. The molecule has 0 rings (SSSR count). The molecule has 0 saturated heterocycles. The summed E-state index contributed by atoms with van der Waals surface area (Å²) in [5.41, 5.74) is 0. The Bertz CT molecular complexity index is 19.2. The minimum Gasteiger partial charge on any atom is -1.00 e. The molecule has 0 aliphatic carbocycles. The second-order valence-electron chi connectivity index (χ2n) is 1.14. The summed E-state index contributed by atoms with van der Waals surface area (Å²) in [6.07, 6.45) is 3.94. The Morgan fingerprint density at radius 3 is 2.17 bits per heavy atom. The molecule has 0 aliphatic rings. The van der Waals surface area contributed by atoms with E-state index in [-0.39, 0.29) is 31.0 Å². The molecule has 0 amide bonds.